The van der Waals surface area contributed by atoms with Gasteiger partial charge in [0.2, 0.25) is 0 Å². The smallest absolute Gasteiger partial charge is 0.00932 e. The van der Waals surface area contributed by atoms with E-state index in [1.807, 2.05) is 0 Å². The van der Waals surface area contributed by atoms with Crippen LogP contribution in [0.2, 0.25) is 0 Å². The Balaban J connectivity index is 1.71. The van der Waals surface area contributed by atoms with Gasteiger partial charge < -0.3 is 10.2 Å². The molecule has 2 aliphatic rings. The zero-order valence-electron chi connectivity index (χ0n) is 12.8. The van der Waals surface area contributed by atoms with E-state index in [1.54, 1.807) is 0 Å². The van der Waals surface area contributed by atoms with Gasteiger partial charge in [-0.15, -0.1) is 0 Å². The number of likely N-dealkylation sites (tertiary alicyclic amines) is 1. The summed E-state index contributed by atoms with van der Waals surface area (Å²) in [5.41, 5.74) is 0.573. The van der Waals surface area contributed by atoms with Crippen molar-refractivity contribution >= 4 is 0 Å². The maximum Gasteiger partial charge on any atom is 0.00932 e. The lowest BCUT2D eigenvalue weighted by atomic mass is 9.70. The first kappa shape index (κ1) is 14.3. The molecule has 0 radical (unpaired) electrons. The molecule has 1 heterocycles. The lowest BCUT2D eigenvalue weighted by molar-refractivity contribution is 0.146. The predicted molar refractivity (Wildman–Crippen MR) is 78.8 cm³/mol. The number of hydrogen-bond acceptors (Lipinski definition) is 2. The first-order valence-electron chi connectivity index (χ1n) is 7.96. The van der Waals surface area contributed by atoms with Gasteiger partial charge in [0.1, 0.15) is 0 Å². The van der Waals surface area contributed by atoms with Crippen molar-refractivity contribution in [3.05, 3.63) is 0 Å². The molecular formula is C16H32N2. The quantitative estimate of drug-likeness (QED) is 0.827. The Hall–Kier alpha value is -0.0800. The van der Waals surface area contributed by atoms with Gasteiger partial charge in [0, 0.05) is 12.6 Å². The topological polar surface area (TPSA) is 15.3 Å². The molecule has 0 aromatic heterocycles. The van der Waals surface area contributed by atoms with Crippen LogP contribution in [0.15, 0.2) is 0 Å². The minimum atomic E-state index is 0.573. The first-order valence-corrected chi connectivity index (χ1v) is 7.96. The highest BCUT2D eigenvalue weighted by Crippen LogP contribution is 2.38. The molecule has 2 nitrogen and oxygen atoms in total. The molecule has 1 saturated heterocycles. The van der Waals surface area contributed by atoms with Crippen LogP contribution in [-0.2, 0) is 0 Å². The van der Waals surface area contributed by atoms with E-state index >= 15 is 0 Å². The highest BCUT2D eigenvalue weighted by molar-refractivity contribution is 4.88. The van der Waals surface area contributed by atoms with E-state index in [4.69, 9.17) is 0 Å². The van der Waals surface area contributed by atoms with Crippen LogP contribution in [0.4, 0.5) is 0 Å². The SMILES string of the molecule is CCN1CCC(CNC2CCC(C)(C)CC2C)C1. The van der Waals surface area contributed by atoms with E-state index in [0.29, 0.717) is 5.41 Å². The second-order valence-electron chi connectivity index (χ2n) is 7.45. The van der Waals surface area contributed by atoms with E-state index in [-0.39, 0.29) is 0 Å². The Bertz CT molecular complexity index is 262. The Morgan fingerprint density at radius 3 is 2.67 bits per heavy atom. The number of nitrogens with one attached hydrogen (secondary N) is 1. The first-order chi connectivity index (χ1) is 8.50. The van der Waals surface area contributed by atoms with Crippen LogP contribution in [0.3, 0.4) is 0 Å². The molecule has 0 spiro atoms. The van der Waals surface area contributed by atoms with Crippen LogP contribution in [0.5, 0.6) is 0 Å². The normalized spacial score (nSPS) is 37.0. The fourth-order valence-corrected chi connectivity index (χ4v) is 3.93. The third-order valence-electron chi connectivity index (χ3n) is 5.18. The van der Waals surface area contributed by atoms with Crippen molar-refractivity contribution in [3.8, 4) is 0 Å². The van der Waals surface area contributed by atoms with E-state index in [1.165, 1.54) is 51.9 Å². The van der Waals surface area contributed by atoms with E-state index < -0.39 is 0 Å². The highest BCUT2D eigenvalue weighted by Gasteiger charge is 2.32. The van der Waals surface area contributed by atoms with Crippen LogP contribution in [0.25, 0.3) is 0 Å². The Labute approximate surface area is 114 Å². The average molecular weight is 252 g/mol. The Morgan fingerprint density at radius 2 is 2.06 bits per heavy atom. The van der Waals surface area contributed by atoms with Crippen molar-refractivity contribution in [1.82, 2.24) is 10.2 Å². The molecule has 0 aromatic carbocycles. The fourth-order valence-electron chi connectivity index (χ4n) is 3.93. The van der Waals surface area contributed by atoms with Crippen molar-refractivity contribution in [1.29, 1.82) is 0 Å². The zero-order valence-corrected chi connectivity index (χ0v) is 12.8. The molecule has 3 unspecified atom stereocenters. The van der Waals surface area contributed by atoms with E-state index in [2.05, 4.69) is 37.9 Å². The summed E-state index contributed by atoms with van der Waals surface area (Å²) < 4.78 is 0. The van der Waals surface area contributed by atoms with Gasteiger partial charge in [-0.1, -0.05) is 27.7 Å². The van der Waals surface area contributed by atoms with Gasteiger partial charge in [0.05, 0.1) is 0 Å². The summed E-state index contributed by atoms with van der Waals surface area (Å²) in [6.45, 7) is 14.7. The minimum Gasteiger partial charge on any atom is -0.313 e. The Kier molecular flexibility index (Phi) is 4.71. The maximum absolute atomic E-state index is 3.87. The largest absolute Gasteiger partial charge is 0.313 e. The molecule has 2 heteroatoms. The summed E-state index contributed by atoms with van der Waals surface area (Å²) in [4.78, 5) is 2.58. The van der Waals surface area contributed by atoms with Crippen molar-refractivity contribution in [2.24, 2.45) is 17.3 Å². The second kappa shape index (κ2) is 5.92. The lowest BCUT2D eigenvalue weighted by Crippen LogP contribution is -2.43. The summed E-state index contributed by atoms with van der Waals surface area (Å²) >= 11 is 0. The molecule has 2 fully saturated rings. The van der Waals surface area contributed by atoms with Gasteiger partial charge >= 0.3 is 0 Å². The van der Waals surface area contributed by atoms with Crippen LogP contribution in [0.1, 0.15) is 53.4 Å². The summed E-state index contributed by atoms with van der Waals surface area (Å²) in [6.07, 6.45) is 5.54. The van der Waals surface area contributed by atoms with E-state index in [0.717, 1.165) is 17.9 Å². The van der Waals surface area contributed by atoms with Gasteiger partial charge in [-0.2, -0.15) is 0 Å². The van der Waals surface area contributed by atoms with Crippen LogP contribution in [-0.4, -0.2) is 37.1 Å². The average Bonchev–Trinajstić information content (AvgIpc) is 2.75. The van der Waals surface area contributed by atoms with Crippen molar-refractivity contribution in [2.45, 2.75) is 59.4 Å². The molecule has 1 aliphatic carbocycles. The van der Waals surface area contributed by atoms with Crippen molar-refractivity contribution < 1.29 is 0 Å². The fraction of sp³-hybridized carbons (Fsp3) is 1.00. The molecule has 1 saturated carbocycles. The standard InChI is InChI=1S/C16H32N2/c1-5-18-9-7-14(12-18)11-17-15-6-8-16(3,4)10-13(15)2/h13-15,17H,5-12H2,1-4H3. The minimum absolute atomic E-state index is 0.573. The molecule has 18 heavy (non-hydrogen) atoms. The third kappa shape index (κ3) is 3.71. The van der Waals surface area contributed by atoms with Crippen LogP contribution in [0, 0.1) is 17.3 Å². The lowest BCUT2D eigenvalue weighted by Gasteiger charge is -2.40. The maximum atomic E-state index is 3.87. The molecule has 1 aliphatic heterocycles. The molecule has 106 valence electrons. The van der Waals surface area contributed by atoms with Crippen LogP contribution >= 0.6 is 0 Å². The summed E-state index contributed by atoms with van der Waals surface area (Å²) in [6, 6.07) is 0.772. The van der Waals surface area contributed by atoms with Crippen molar-refractivity contribution in [3.63, 3.8) is 0 Å². The van der Waals surface area contributed by atoms with Gasteiger partial charge in [0.15, 0.2) is 0 Å². The van der Waals surface area contributed by atoms with Gasteiger partial charge in [-0.05, 0) is 62.6 Å². The molecule has 1 N–H and O–H groups in total. The highest BCUT2D eigenvalue weighted by atomic mass is 15.1. The molecule has 3 atom stereocenters. The number of nitrogens with zero attached hydrogens (tertiary/aromatic N) is 1. The molecular weight excluding hydrogens is 220 g/mol. The van der Waals surface area contributed by atoms with Crippen molar-refractivity contribution in [2.75, 3.05) is 26.2 Å². The zero-order chi connectivity index (χ0) is 13.2. The van der Waals surface area contributed by atoms with Crippen LogP contribution < -0.4 is 5.32 Å². The van der Waals surface area contributed by atoms with Gasteiger partial charge in [-0.25, -0.2) is 0 Å². The Morgan fingerprint density at radius 1 is 1.28 bits per heavy atom. The summed E-state index contributed by atoms with van der Waals surface area (Å²) in [7, 11) is 0. The molecule has 0 amide bonds. The summed E-state index contributed by atoms with van der Waals surface area (Å²) in [5.74, 6) is 1.74. The van der Waals surface area contributed by atoms with E-state index in [9.17, 15) is 0 Å². The second-order valence-corrected chi connectivity index (χ2v) is 7.45. The molecule has 0 bridgehead atoms. The number of hydrogen-bond donors (Lipinski definition) is 1. The molecule has 2 rings (SSSR count). The monoisotopic (exact) mass is 252 g/mol. The summed E-state index contributed by atoms with van der Waals surface area (Å²) in [5, 5.41) is 3.87. The predicted octanol–water partition coefficient (Wildman–Crippen LogP) is 3.13. The van der Waals surface area contributed by atoms with Gasteiger partial charge in [-0.3, -0.25) is 0 Å². The number of rotatable bonds is 4. The molecule has 0 aromatic rings. The third-order valence-corrected chi connectivity index (χ3v) is 5.18. The van der Waals surface area contributed by atoms with Gasteiger partial charge in [0.25, 0.3) is 0 Å².